The van der Waals surface area contributed by atoms with Crippen LogP contribution >= 0.6 is 0 Å². The van der Waals surface area contributed by atoms with Crippen molar-refractivity contribution in [3.8, 4) is 0 Å². The number of nitrogens with zero attached hydrogens (tertiary/aromatic N) is 1. The van der Waals surface area contributed by atoms with E-state index in [1.165, 1.54) is 45.3 Å². The van der Waals surface area contributed by atoms with Crippen LogP contribution in [0.4, 0.5) is 0 Å². The van der Waals surface area contributed by atoms with Crippen LogP contribution in [-0.2, 0) is 4.74 Å². The zero-order valence-electron chi connectivity index (χ0n) is 14.0. The average molecular weight is 282 g/mol. The predicted octanol–water partition coefficient (Wildman–Crippen LogP) is 2.90. The Kier molecular flexibility index (Phi) is 5.49. The van der Waals surface area contributed by atoms with Crippen LogP contribution in [0.2, 0.25) is 0 Å². The molecule has 3 heteroatoms. The minimum Gasteiger partial charge on any atom is -0.381 e. The van der Waals surface area contributed by atoms with E-state index in [4.69, 9.17) is 4.74 Å². The van der Waals surface area contributed by atoms with Crippen LogP contribution in [0.25, 0.3) is 0 Å². The van der Waals surface area contributed by atoms with Crippen LogP contribution in [-0.4, -0.2) is 49.8 Å². The highest BCUT2D eigenvalue weighted by atomic mass is 16.5. The van der Waals surface area contributed by atoms with Gasteiger partial charge in [-0.2, -0.15) is 0 Å². The normalized spacial score (nSPS) is 28.1. The molecule has 0 radical (unpaired) electrons. The van der Waals surface area contributed by atoms with E-state index in [0.29, 0.717) is 5.41 Å². The fraction of sp³-hybridized carbons (Fsp3) is 1.00. The third-order valence-electron chi connectivity index (χ3n) is 4.62. The molecule has 20 heavy (non-hydrogen) atoms. The summed E-state index contributed by atoms with van der Waals surface area (Å²) in [4.78, 5) is 2.66. The topological polar surface area (TPSA) is 24.5 Å². The predicted molar refractivity (Wildman–Crippen MR) is 85.1 cm³/mol. The second kappa shape index (κ2) is 6.76. The molecule has 0 aromatic rings. The fourth-order valence-corrected chi connectivity index (χ4v) is 3.13. The first-order valence-electron chi connectivity index (χ1n) is 8.48. The Morgan fingerprint density at radius 3 is 2.55 bits per heavy atom. The molecule has 2 aliphatic rings. The highest BCUT2D eigenvalue weighted by molar-refractivity contribution is 4.90. The first-order valence-corrected chi connectivity index (χ1v) is 8.48. The lowest BCUT2D eigenvalue weighted by molar-refractivity contribution is -0.0287. The summed E-state index contributed by atoms with van der Waals surface area (Å²) in [5.41, 5.74) is 0.508. The molecule has 0 aromatic carbocycles. The van der Waals surface area contributed by atoms with Crippen LogP contribution in [0.3, 0.4) is 0 Å². The summed E-state index contributed by atoms with van der Waals surface area (Å²) in [6.07, 6.45) is 5.41. The van der Waals surface area contributed by atoms with E-state index in [2.05, 4.69) is 37.9 Å². The van der Waals surface area contributed by atoms with Crippen LogP contribution in [0.5, 0.6) is 0 Å². The lowest BCUT2D eigenvalue weighted by atomic mass is 9.81. The van der Waals surface area contributed by atoms with Crippen LogP contribution in [0, 0.1) is 11.3 Å². The van der Waals surface area contributed by atoms with E-state index >= 15 is 0 Å². The van der Waals surface area contributed by atoms with Crippen LogP contribution in [0.1, 0.15) is 53.4 Å². The summed E-state index contributed by atoms with van der Waals surface area (Å²) in [5.74, 6) is 0.979. The number of hydrogen-bond donors (Lipinski definition) is 1. The maximum absolute atomic E-state index is 5.85. The molecule has 2 rings (SSSR count). The molecule has 1 atom stereocenters. The number of nitrogens with one attached hydrogen (secondary N) is 1. The Morgan fingerprint density at radius 2 is 2.05 bits per heavy atom. The standard InChI is InChI=1S/C17H34N2O/c1-5-19(11-15-7-8-15)13-17(9-6-10-20-14-17)12-18-16(2,3)4/h15,18H,5-14H2,1-4H3. The Morgan fingerprint density at radius 1 is 1.30 bits per heavy atom. The van der Waals surface area contributed by atoms with Crippen molar-refractivity contribution in [3.63, 3.8) is 0 Å². The first-order chi connectivity index (χ1) is 9.42. The molecule has 0 amide bonds. The zero-order chi connectivity index (χ0) is 14.6. The van der Waals surface area contributed by atoms with Gasteiger partial charge in [-0.3, -0.25) is 0 Å². The van der Waals surface area contributed by atoms with Gasteiger partial charge in [0.2, 0.25) is 0 Å². The van der Waals surface area contributed by atoms with Crippen LogP contribution in [0.15, 0.2) is 0 Å². The minimum absolute atomic E-state index is 0.192. The summed E-state index contributed by atoms with van der Waals surface area (Å²) in [6.45, 7) is 15.7. The zero-order valence-corrected chi connectivity index (χ0v) is 14.0. The van der Waals surface area contributed by atoms with Gasteiger partial charge < -0.3 is 15.0 Å². The lowest BCUT2D eigenvalue weighted by Gasteiger charge is -2.42. The van der Waals surface area contributed by atoms with Crippen molar-refractivity contribution in [1.82, 2.24) is 10.2 Å². The molecule has 0 aromatic heterocycles. The first kappa shape index (κ1) is 16.3. The van der Waals surface area contributed by atoms with Crippen molar-refractivity contribution in [2.24, 2.45) is 11.3 Å². The molecule has 0 bridgehead atoms. The SMILES string of the molecule is CCN(CC1CC1)CC1(CNC(C)(C)C)CCCOC1. The van der Waals surface area contributed by atoms with Crippen molar-refractivity contribution in [1.29, 1.82) is 0 Å². The fourth-order valence-electron chi connectivity index (χ4n) is 3.13. The Bertz CT molecular complexity index is 288. The van der Waals surface area contributed by atoms with Crippen LogP contribution < -0.4 is 5.32 Å². The van der Waals surface area contributed by atoms with Gasteiger partial charge in [-0.1, -0.05) is 6.92 Å². The summed E-state index contributed by atoms with van der Waals surface area (Å²) < 4.78 is 5.85. The third kappa shape index (κ3) is 5.34. The Balaban J connectivity index is 1.93. The highest BCUT2D eigenvalue weighted by Gasteiger charge is 2.36. The van der Waals surface area contributed by atoms with E-state index in [-0.39, 0.29) is 5.54 Å². The largest absolute Gasteiger partial charge is 0.381 e. The molecule has 3 nitrogen and oxygen atoms in total. The molecule has 1 saturated heterocycles. The van der Waals surface area contributed by atoms with E-state index in [9.17, 15) is 0 Å². The molecule has 1 unspecified atom stereocenters. The van der Waals surface area contributed by atoms with Crippen molar-refractivity contribution in [2.45, 2.75) is 58.9 Å². The number of hydrogen-bond acceptors (Lipinski definition) is 3. The van der Waals surface area contributed by atoms with Gasteiger partial charge in [0.1, 0.15) is 0 Å². The quantitative estimate of drug-likeness (QED) is 0.777. The van der Waals surface area contributed by atoms with Gasteiger partial charge >= 0.3 is 0 Å². The molecular formula is C17H34N2O. The lowest BCUT2D eigenvalue weighted by Crippen LogP contribution is -2.52. The van der Waals surface area contributed by atoms with Gasteiger partial charge in [-0.25, -0.2) is 0 Å². The molecule has 0 spiro atoms. The maximum Gasteiger partial charge on any atom is 0.0546 e. The van der Waals surface area contributed by atoms with E-state index < -0.39 is 0 Å². The maximum atomic E-state index is 5.85. The minimum atomic E-state index is 0.192. The Labute approximate surface area is 125 Å². The molecular weight excluding hydrogens is 248 g/mol. The molecule has 1 heterocycles. The smallest absolute Gasteiger partial charge is 0.0546 e. The van der Waals surface area contributed by atoms with Gasteiger partial charge in [0.25, 0.3) is 0 Å². The van der Waals surface area contributed by atoms with Gasteiger partial charge in [0.15, 0.2) is 0 Å². The summed E-state index contributed by atoms with van der Waals surface area (Å²) in [6, 6.07) is 0. The Hall–Kier alpha value is -0.120. The molecule has 2 fully saturated rings. The molecule has 118 valence electrons. The summed E-state index contributed by atoms with van der Waals surface area (Å²) in [7, 11) is 0. The third-order valence-corrected chi connectivity index (χ3v) is 4.62. The monoisotopic (exact) mass is 282 g/mol. The molecule has 1 aliphatic heterocycles. The van der Waals surface area contributed by atoms with Gasteiger partial charge in [0.05, 0.1) is 6.61 Å². The van der Waals surface area contributed by atoms with E-state index in [1.54, 1.807) is 0 Å². The number of rotatable bonds is 7. The molecule has 1 saturated carbocycles. The van der Waals surface area contributed by atoms with Gasteiger partial charge in [-0.05, 0) is 58.9 Å². The number of ether oxygens (including phenoxy) is 1. The van der Waals surface area contributed by atoms with Crippen molar-refractivity contribution < 1.29 is 4.74 Å². The van der Waals surface area contributed by atoms with Gasteiger partial charge in [0, 0.05) is 37.2 Å². The van der Waals surface area contributed by atoms with Crippen molar-refractivity contribution >= 4 is 0 Å². The van der Waals surface area contributed by atoms with E-state index in [1.807, 2.05) is 0 Å². The second-order valence-electron chi connectivity index (χ2n) is 8.03. The summed E-state index contributed by atoms with van der Waals surface area (Å²) >= 11 is 0. The average Bonchev–Trinajstić information content (AvgIpc) is 3.20. The van der Waals surface area contributed by atoms with Gasteiger partial charge in [-0.15, -0.1) is 0 Å². The van der Waals surface area contributed by atoms with Crippen molar-refractivity contribution in [2.75, 3.05) is 39.4 Å². The van der Waals surface area contributed by atoms with Crippen molar-refractivity contribution in [3.05, 3.63) is 0 Å². The second-order valence-corrected chi connectivity index (χ2v) is 8.03. The summed E-state index contributed by atoms with van der Waals surface area (Å²) in [5, 5.41) is 3.72. The highest BCUT2D eigenvalue weighted by Crippen LogP contribution is 2.33. The molecule has 1 aliphatic carbocycles. The molecule has 1 N–H and O–H groups in total. The van der Waals surface area contributed by atoms with E-state index in [0.717, 1.165) is 25.7 Å².